The van der Waals surface area contributed by atoms with Crippen LogP contribution in [-0.2, 0) is 14.6 Å². The third kappa shape index (κ3) is 3.87. The van der Waals surface area contributed by atoms with Crippen molar-refractivity contribution in [3.63, 3.8) is 0 Å². The lowest BCUT2D eigenvalue weighted by Gasteiger charge is -2.10. The summed E-state index contributed by atoms with van der Waals surface area (Å²) in [5.74, 6) is 0.438. The van der Waals surface area contributed by atoms with Gasteiger partial charge in [0.1, 0.15) is 11.4 Å². The van der Waals surface area contributed by atoms with E-state index >= 15 is 0 Å². The zero-order valence-electron chi connectivity index (χ0n) is 11.3. The van der Waals surface area contributed by atoms with E-state index in [-0.39, 0.29) is 11.9 Å². The van der Waals surface area contributed by atoms with Gasteiger partial charge < -0.3 is 9.47 Å². The van der Waals surface area contributed by atoms with Crippen molar-refractivity contribution in [3.05, 3.63) is 29.4 Å². The van der Waals surface area contributed by atoms with Crippen LogP contribution in [0.15, 0.2) is 29.6 Å². The molecule has 112 valence electrons. The average molecular weight is 330 g/mol. The first-order valence-corrected chi connectivity index (χ1v) is 8.00. The predicted molar refractivity (Wildman–Crippen MR) is 75.9 cm³/mol. The molecule has 2 aromatic rings. The molecule has 0 spiro atoms. The Morgan fingerprint density at radius 3 is 2.62 bits per heavy atom. The van der Waals surface area contributed by atoms with Crippen LogP contribution in [0.4, 0.5) is 0 Å². The van der Waals surface area contributed by atoms with Crippen LogP contribution in [0.2, 0.25) is 5.02 Å². The molecule has 21 heavy (non-hydrogen) atoms. The highest BCUT2D eigenvalue weighted by Crippen LogP contribution is 2.31. The van der Waals surface area contributed by atoms with Crippen molar-refractivity contribution in [2.24, 2.45) is 0 Å². The molecule has 0 aliphatic carbocycles. The maximum Gasteiger partial charge on any atom is 0.267 e. The van der Waals surface area contributed by atoms with Crippen LogP contribution in [0.1, 0.15) is 0 Å². The van der Waals surface area contributed by atoms with Gasteiger partial charge in [0.25, 0.3) is 5.16 Å². The first kappa shape index (κ1) is 15.6. The third-order valence-electron chi connectivity index (χ3n) is 2.42. The fourth-order valence-electron chi connectivity index (χ4n) is 1.51. The smallest absolute Gasteiger partial charge is 0.267 e. The van der Waals surface area contributed by atoms with E-state index in [1.54, 1.807) is 18.2 Å². The molecule has 0 fully saturated rings. The summed E-state index contributed by atoms with van der Waals surface area (Å²) in [7, 11) is -2.00. The lowest BCUT2D eigenvalue weighted by molar-refractivity contribution is 0.0515. The monoisotopic (exact) mass is 329 g/mol. The molecule has 9 heteroatoms. The van der Waals surface area contributed by atoms with E-state index in [1.807, 2.05) is 0 Å². The SMILES string of the molecule is COCOc1cc(Cl)ccc1-c1cnc(S(C)(=O)=O)nn1. The third-order valence-corrected chi connectivity index (χ3v) is 3.51. The number of methoxy groups -OCH3 is 1. The second-order valence-electron chi connectivity index (χ2n) is 4.09. The lowest BCUT2D eigenvalue weighted by Crippen LogP contribution is -2.06. The van der Waals surface area contributed by atoms with E-state index in [1.165, 1.54) is 13.3 Å². The Balaban J connectivity index is 2.41. The van der Waals surface area contributed by atoms with Gasteiger partial charge >= 0.3 is 0 Å². The van der Waals surface area contributed by atoms with Crippen molar-refractivity contribution in [2.75, 3.05) is 20.2 Å². The molecule has 1 aromatic carbocycles. The Hall–Kier alpha value is -1.77. The van der Waals surface area contributed by atoms with Gasteiger partial charge in [0.2, 0.25) is 9.84 Å². The minimum atomic E-state index is -3.49. The molecule has 1 aromatic heterocycles. The van der Waals surface area contributed by atoms with Gasteiger partial charge in [-0.2, -0.15) is 0 Å². The van der Waals surface area contributed by atoms with Crippen molar-refractivity contribution in [2.45, 2.75) is 5.16 Å². The fraction of sp³-hybridized carbons (Fsp3) is 0.250. The van der Waals surface area contributed by atoms with Gasteiger partial charge in [0.15, 0.2) is 6.79 Å². The Labute approximate surface area is 126 Å². The Morgan fingerprint density at radius 2 is 2.05 bits per heavy atom. The van der Waals surface area contributed by atoms with E-state index in [4.69, 9.17) is 21.1 Å². The second kappa shape index (κ2) is 6.33. The van der Waals surface area contributed by atoms with E-state index in [2.05, 4.69) is 15.2 Å². The van der Waals surface area contributed by atoms with Gasteiger partial charge in [0, 0.05) is 24.0 Å². The van der Waals surface area contributed by atoms with Crippen LogP contribution in [0.25, 0.3) is 11.3 Å². The zero-order chi connectivity index (χ0) is 15.5. The van der Waals surface area contributed by atoms with E-state index < -0.39 is 9.84 Å². The predicted octanol–water partition coefficient (Wildman–Crippen LogP) is 1.58. The standard InChI is InChI=1S/C12H12ClN3O4S/c1-19-7-20-11-5-8(13)3-4-9(11)10-6-14-12(16-15-10)21(2,17)18/h3-6H,7H2,1-2H3. The van der Waals surface area contributed by atoms with Gasteiger partial charge in [-0.3, -0.25) is 0 Å². The molecule has 2 rings (SSSR count). The zero-order valence-corrected chi connectivity index (χ0v) is 12.8. The summed E-state index contributed by atoms with van der Waals surface area (Å²) < 4.78 is 32.9. The number of aromatic nitrogens is 3. The molecule has 1 heterocycles. The molecule has 0 N–H and O–H groups in total. The summed E-state index contributed by atoms with van der Waals surface area (Å²) in [5, 5.41) is 7.61. The molecule has 0 saturated heterocycles. The fourth-order valence-corrected chi connectivity index (χ4v) is 2.10. The van der Waals surface area contributed by atoms with Gasteiger partial charge in [-0.25, -0.2) is 13.4 Å². The molecular weight excluding hydrogens is 318 g/mol. The van der Waals surface area contributed by atoms with E-state index in [0.29, 0.717) is 22.0 Å². The van der Waals surface area contributed by atoms with Crippen molar-refractivity contribution < 1.29 is 17.9 Å². The molecule has 7 nitrogen and oxygen atoms in total. The molecule has 0 aliphatic rings. The number of hydrogen-bond acceptors (Lipinski definition) is 7. The molecule has 0 unspecified atom stereocenters. The number of nitrogens with zero attached hydrogens (tertiary/aromatic N) is 3. The van der Waals surface area contributed by atoms with Crippen LogP contribution in [0, 0.1) is 0 Å². The first-order valence-electron chi connectivity index (χ1n) is 5.73. The van der Waals surface area contributed by atoms with Gasteiger partial charge in [0.05, 0.1) is 6.20 Å². The minimum Gasteiger partial charge on any atom is -0.467 e. The van der Waals surface area contributed by atoms with Gasteiger partial charge in [-0.1, -0.05) is 11.6 Å². The molecule has 0 atom stereocenters. The van der Waals surface area contributed by atoms with Crippen molar-refractivity contribution in [1.29, 1.82) is 0 Å². The maximum atomic E-state index is 11.3. The summed E-state index contributed by atoms with van der Waals surface area (Å²) in [6.07, 6.45) is 2.32. The molecule has 0 amide bonds. The lowest BCUT2D eigenvalue weighted by atomic mass is 10.1. The number of ether oxygens (including phenoxy) is 2. The number of sulfone groups is 1. The number of halogens is 1. The van der Waals surface area contributed by atoms with Crippen LogP contribution in [-0.4, -0.2) is 43.8 Å². The van der Waals surface area contributed by atoms with Crippen LogP contribution < -0.4 is 4.74 Å². The molecule has 0 saturated carbocycles. The molecule has 0 bridgehead atoms. The van der Waals surface area contributed by atoms with Crippen LogP contribution >= 0.6 is 11.6 Å². The summed E-state index contributed by atoms with van der Waals surface area (Å²) in [6, 6.07) is 4.93. The van der Waals surface area contributed by atoms with E-state index in [9.17, 15) is 8.42 Å². The molecule has 0 radical (unpaired) electrons. The Kier molecular flexibility index (Phi) is 4.71. The second-order valence-corrected chi connectivity index (χ2v) is 6.44. The van der Waals surface area contributed by atoms with E-state index in [0.717, 1.165) is 6.26 Å². The summed E-state index contributed by atoms with van der Waals surface area (Å²) >= 11 is 5.92. The molecular formula is C12H12ClN3O4S. The Morgan fingerprint density at radius 1 is 1.29 bits per heavy atom. The number of hydrogen-bond donors (Lipinski definition) is 0. The number of rotatable bonds is 5. The highest BCUT2D eigenvalue weighted by Gasteiger charge is 2.14. The summed E-state index contributed by atoms with van der Waals surface area (Å²) in [4.78, 5) is 3.79. The number of benzene rings is 1. The minimum absolute atomic E-state index is 0.0373. The summed E-state index contributed by atoms with van der Waals surface area (Å²) in [5.41, 5.74) is 0.946. The van der Waals surface area contributed by atoms with Gasteiger partial charge in [-0.15, -0.1) is 10.2 Å². The average Bonchev–Trinajstić information content (AvgIpc) is 2.44. The Bertz CT molecular complexity index is 735. The largest absolute Gasteiger partial charge is 0.467 e. The van der Waals surface area contributed by atoms with Crippen molar-refractivity contribution in [1.82, 2.24) is 15.2 Å². The highest BCUT2D eigenvalue weighted by molar-refractivity contribution is 7.90. The van der Waals surface area contributed by atoms with Crippen molar-refractivity contribution in [3.8, 4) is 17.0 Å². The van der Waals surface area contributed by atoms with Crippen LogP contribution in [0.3, 0.4) is 0 Å². The highest BCUT2D eigenvalue weighted by atomic mass is 35.5. The first-order chi connectivity index (χ1) is 9.91. The quantitative estimate of drug-likeness (QED) is 0.769. The maximum absolute atomic E-state index is 11.3. The topological polar surface area (TPSA) is 91.3 Å². The van der Waals surface area contributed by atoms with Crippen molar-refractivity contribution >= 4 is 21.4 Å². The van der Waals surface area contributed by atoms with Gasteiger partial charge in [-0.05, 0) is 18.2 Å². The summed E-state index contributed by atoms with van der Waals surface area (Å²) in [6.45, 7) is 0.0373. The van der Waals surface area contributed by atoms with Crippen LogP contribution in [0.5, 0.6) is 5.75 Å². The molecule has 0 aliphatic heterocycles. The normalized spacial score (nSPS) is 11.4.